The van der Waals surface area contributed by atoms with Gasteiger partial charge in [0.15, 0.2) is 11.4 Å². The van der Waals surface area contributed by atoms with Crippen molar-refractivity contribution in [2.24, 2.45) is 0 Å². The minimum absolute atomic E-state index is 0.608. The summed E-state index contributed by atoms with van der Waals surface area (Å²) >= 11 is 1.82. The molecule has 5 aromatic heterocycles. The van der Waals surface area contributed by atoms with Crippen LogP contribution in [0, 0.1) is 13.1 Å². The van der Waals surface area contributed by atoms with E-state index in [2.05, 4.69) is 230 Å². The molecule has 6 heterocycles. The maximum Gasteiger partial charge on any atom is 0.188 e. The molecular formula is C73H41N7S. The van der Waals surface area contributed by atoms with E-state index in [0.717, 1.165) is 110 Å². The van der Waals surface area contributed by atoms with Gasteiger partial charge in [0.2, 0.25) is 0 Å². The lowest BCUT2D eigenvalue weighted by atomic mass is 9.67. The van der Waals surface area contributed by atoms with Gasteiger partial charge in [-0.2, -0.15) is 0 Å². The number of aromatic nitrogens is 5. The number of para-hydroxylation sites is 3. The van der Waals surface area contributed by atoms with Crippen LogP contribution in [0.3, 0.4) is 0 Å². The van der Waals surface area contributed by atoms with E-state index in [9.17, 15) is 0 Å². The molecule has 15 aromatic rings. The Kier molecular flexibility index (Phi) is 9.56. The van der Waals surface area contributed by atoms with E-state index >= 15 is 0 Å². The van der Waals surface area contributed by atoms with Crippen LogP contribution in [-0.2, 0) is 5.41 Å². The predicted molar refractivity (Wildman–Crippen MR) is 330 cm³/mol. The van der Waals surface area contributed by atoms with E-state index in [-0.39, 0.29) is 0 Å². The Labute approximate surface area is 469 Å². The van der Waals surface area contributed by atoms with Gasteiger partial charge >= 0.3 is 0 Å². The van der Waals surface area contributed by atoms with Crippen LogP contribution in [0.2, 0.25) is 0 Å². The first kappa shape index (κ1) is 45.3. The lowest BCUT2D eigenvalue weighted by Crippen LogP contribution is -2.32. The van der Waals surface area contributed by atoms with Crippen LogP contribution in [0.5, 0.6) is 0 Å². The van der Waals surface area contributed by atoms with E-state index in [1.54, 1.807) is 0 Å². The number of nitrogens with zero attached hydrogens (tertiary/aromatic N) is 7. The molecule has 10 aromatic carbocycles. The van der Waals surface area contributed by atoms with Crippen LogP contribution in [0.15, 0.2) is 259 Å². The quantitative estimate of drug-likeness (QED) is 0.161. The second-order valence-corrected chi connectivity index (χ2v) is 22.1. The zero-order valence-electron chi connectivity index (χ0n) is 43.2. The number of hydrogen-bond acceptors (Lipinski definition) is 3. The summed E-state index contributed by atoms with van der Waals surface area (Å²) in [6, 6.07) is 84.8. The van der Waals surface area contributed by atoms with Crippen molar-refractivity contribution in [3.8, 4) is 50.7 Å². The molecule has 81 heavy (non-hydrogen) atoms. The Hall–Kier alpha value is -10.8. The number of hydrogen-bond donors (Lipinski definition) is 0. The second kappa shape index (κ2) is 17.1. The third-order valence-electron chi connectivity index (χ3n) is 17.0. The second-order valence-electron chi connectivity index (χ2n) is 21.1. The maximum atomic E-state index is 8.04. The first-order valence-electron chi connectivity index (χ1n) is 27.0. The van der Waals surface area contributed by atoms with E-state index in [1.165, 1.54) is 37.8 Å². The normalized spacial score (nSPS) is 13.0. The summed E-state index contributed by atoms with van der Waals surface area (Å²) in [6.07, 6.45) is 3.76. The summed E-state index contributed by atoms with van der Waals surface area (Å²) in [5.74, 6) is 0. The number of fused-ring (bicyclic) bond motifs is 18. The zero-order valence-corrected chi connectivity index (χ0v) is 44.0. The van der Waals surface area contributed by atoms with E-state index in [1.807, 2.05) is 54.5 Å². The van der Waals surface area contributed by atoms with Crippen LogP contribution in [0.4, 0.5) is 11.4 Å². The molecule has 0 radical (unpaired) electrons. The summed E-state index contributed by atoms with van der Waals surface area (Å²) in [6.45, 7) is 15.9. The molecule has 2 aliphatic rings. The Balaban J connectivity index is 0.814. The van der Waals surface area contributed by atoms with Gasteiger partial charge in [-0.05, 0) is 177 Å². The maximum absolute atomic E-state index is 8.04. The molecule has 0 bridgehead atoms. The average Bonchev–Trinajstić information content (AvgIpc) is 3.31. The molecule has 8 heteroatoms. The van der Waals surface area contributed by atoms with E-state index < -0.39 is 5.41 Å². The van der Waals surface area contributed by atoms with Gasteiger partial charge in [0, 0.05) is 60.8 Å². The van der Waals surface area contributed by atoms with Crippen LogP contribution in [-0.4, -0.2) is 23.7 Å². The standard InChI is InChI=1S/C73H41N7S/c1-74-48-24-34-67-57(42-48)55-38-44(22-32-65(55)78(67)50-12-4-3-5-13-50)46-20-30-59-69(40-46)81-70-41-47(21-31-60(70)73(59)61-16-10-36-76-71(61)72-62(73)17-11-37-77-72)45-23-33-66-56(39-45)58-43-49(75-2)25-35-68(58)80(66)52-28-26-51(27-29-52)79-63-18-8-6-14-53(63)54-15-7-9-19-64(54)79/h3-43H. The molecule has 7 nitrogen and oxygen atoms in total. The molecule has 0 fully saturated rings. The largest absolute Gasteiger partial charge is 0.309 e. The minimum Gasteiger partial charge on any atom is -0.309 e. The SMILES string of the molecule is [C-]#[N+]c1ccc2c(c1)c1cc(-c3ccc4c(c3)Sc3cc(-c5ccc6c(c5)c5cc([N+]#[C-])ccc5n6-c5ccc(-n6c7ccccc7c7ccccc76)cc5)ccc3C43c4cccnc4-c4ncccc43)ccc1n2-c1ccccc1. The lowest BCUT2D eigenvalue weighted by Gasteiger charge is -2.39. The van der Waals surface area contributed by atoms with Crippen LogP contribution in [0.25, 0.3) is 126 Å². The Morgan fingerprint density at radius 2 is 0.704 bits per heavy atom. The molecule has 0 amide bonds. The zero-order chi connectivity index (χ0) is 53.5. The highest BCUT2D eigenvalue weighted by Gasteiger charge is 2.51. The highest BCUT2D eigenvalue weighted by molar-refractivity contribution is 7.99. The minimum atomic E-state index is -0.673. The van der Waals surface area contributed by atoms with Crippen LogP contribution < -0.4 is 0 Å². The van der Waals surface area contributed by atoms with Gasteiger partial charge in [0.1, 0.15) is 0 Å². The number of rotatable bonds is 5. The molecular weight excluding hydrogens is 1010 g/mol. The third kappa shape index (κ3) is 6.39. The van der Waals surface area contributed by atoms with Gasteiger partial charge in [0.25, 0.3) is 0 Å². The predicted octanol–water partition coefficient (Wildman–Crippen LogP) is 19.0. The third-order valence-corrected chi connectivity index (χ3v) is 18.1. The molecule has 1 spiro atoms. The van der Waals surface area contributed by atoms with Crippen molar-refractivity contribution < 1.29 is 0 Å². The van der Waals surface area contributed by atoms with Gasteiger partial charge in [-0.25, -0.2) is 9.69 Å². The first-order chi connectivity index (χ1) is 40.0. The fourth-order valence-electron chi connectivity index (χ4n) is 13.6. The summed E-state index contributed by atoms with van der Waals surface area (Å²) in [5, 5.41) is 6.74. The monoisotopic (exact) mass is 1050 g/mol. The van der Waals surface area contributed by atoms with E-state index in [4.69, 9.17) is 23.1 Å². The van der Waals surface area contributed by atoms with Crippen LogP contribution >= 0.6 is 11.8 Å². The summed E-state index contributed by atoms with van der Waals surface area (Å²) in [5.41, 5.74) is 21.3. The highest BCUT2D eigenvalue weighted by Crippen LogP contribution is 2.62. The van der Waals surface area contributed by atoms with Crippen molar-refractivity contribution in [1.29, 1.82) is 0 Å². The molecule has 0 N–H and O–H groups in total. The van der Waals surface area contributed by atoms with Crippen molar-refractivity contribution >= 4 is 88.6 Å². The van der Waals surface area contributed by atoms with Crippen molar-refractivity contribution in [2.75, 3.05) is 0 Å². The molecule has 0 unspecified atom stereocenters. The Bertz CT molecular complexity index is 5200. The summed E-state index contributed by atoms with van der Waals surface area (Å²) < 4.78 is 6.98. The molecule has 1 aliphatic carbocycles. The van der Waals surface area contributed by atoms with Crippen molar-refractivity contribution in [2.45, 2.75) is 15.2 Å². The molecule has 17 rings (SSSR count). The van der Waals surface area contributed by atoms with Gasteiger partial charge in [-0.3, -0.25) is 9.97 Å². The highest BCUT2D eigenvalue weighted by atomic mass is 32.2. The first-order valence-corrected chi connectivity index (χ1v) is 27.8. The lowest BCUT2D eigenvalue weighted by molar-refractivity contribution is 0.720. The van der Waals surface area contributed by atoms with E-state index in [0.29, 0.717) is 11.4 Å². The van der Waals surface area contributed by atoms with Crippen molar-refractivity contribution in [3.63, 3.8) is 0 Å². The average molecular weight is 1050 g/mol. The summed E-state index contributed by atoms with van der Waals surface area (Å²) in [4.78, 5) is 20.1. The van der Waals surface area contributed by atoms with Crippen LogP contribution in [0.1, 0.15) is 22.3 Å². The number of pyridine rings is 2. The summed E-state index contributed by atoms with van der Waals surface area (Å²) in [7, 11) is 0. The Morgan fingerprint density at radius 3 is 1.17 bits per heavy atom. The van der Waals surface area contributed by atoms with Gasteiger partial charge in [0.05, 0.1) is 63.0 Å². The molecule has 0 atom stereocenters. The topological polar surface area (TPSA) is 49.3 Å². The van der Waals surface area contributed by atoms with Gasteiger partial charge in [-0.1, -0.05) is 127 Å². The molecule has 1 aliphatic heterocycles. The fourth-order valence-corrected chi connectivity index (χ4v) is 14.9. The fraction of sp³-hybridized carbons (Fsp3) is 0.0137. The van der Waals surface area contributed by atoms with Crippen molar-refractivity contribution in [1.82, 2.24) is 23.7 Å². The van der Waals surface area contributed by atoms with Gasteiger partial charge < -0.3 is 13.7 Å². The smallest absolute Gasteiger partial charge is 0.188 e. The number of benzene rings is 10. The Morgan fingerprint density at radius 1 is 0.321 bits per heavy atom. The molecule has 0 saturated heterocycles. The van der Waals surface area contributed by atoms with Gasteiger partial charge in [-0.15, -0.1) is 0 Å². The molecule has 0 saturated carbocycles. The van der Waals surface area contributed by atoms with Crippen molar-refractivity contribution in [3.05, 3.63) is 294 Å². The molecule has 374 valence electrons.